The molecule has 0 unspecified atom stereocenters. The second kappa shape index (κ2) is 8.84. The predicted molar refractivity (Wildman–Crippen MR) is 119 cm³/mol. The molecule has 2 aliphatic rings. The number of para-hydroxylation sites is 1. The van der Waals surface area contributed by atoms with E-state index >= 15 is 0 Å². The topological polar surface area (TPSA) is 99.2 Å². The highest BCUT2D eigenvalue weighted by Gasteiger charge is 2.34. The molecule has 2 aromatic rings. The molecule has 2 aromatic carbocycles. The Morgan fingerprint density at radius 1 is 1.09 bits per heavy atom. The third-order valence-corrected chi connectivity index (χ3v) is 5.76. The number of carbonyl (C=O) groups excluding carboxylic acids is 3. The molecule has 32 heavy (non-hydrogen) atoms. The fourth-order valence-electron chi connectivity index (χ4n) is 4.23. The number of anilines is 3. The van der Waals surface area contributed by atoms with Crippen molar-refractivity contribution in [1.29, 1.82) is 0 Å². The van der Waals surface area contributed by atoms with Crippen LogP contribution in [0.15, 0.2) is 53.7 Å². The zero-order valence-corrected chi connectivity index (χ0v) is 18.1. The molecule has 0 bridgehead atoms. The van der Waals surface area contributed by atoms with E-state index in [2.05, 4.69) is 5.32 Å². The van der Waals surface area contributed by atoms with Crippen molar-refractivity contribution >= 4 is 34.8 Å². The number of esters is 1. The number of aliphatic hydroxyl groups is 1. The van der Waals surface area contributed by atoms with Crippen LogP contribution in [0, 0.1) is 0 Å². The van der Waals surface area contributed by atoms with Gasteiger partial charge in [-0.05, 0) is 42.2 Å². The molecular weight excluding hydrogens is 410 g/mol. The van der Waals surface area contributed by atoms with Crippen LogP contribution in [0.4, 0.5) is 17.1 Å². The lowest BCUT2D eigenvalue weighted by Gasteiger charge is -2.24. The Morgan fingerprint density at radius 3 is 2.50 bits per heavy atom. The maximum absolute atomic E-state index is 12.8. The first-order chi connectivity index (χ1) is 15.4. The second-order valence-corrected chi connectivity index (χ2v) is 7.75. The normalized spacial score (nSPS) is 15.3. The van der Waals surface area contributed by atoms with Crippen molar-refractivity contribution in [3.8, 4) is 0 Å². The number of aliphatic hydroxyl groups excluding tert-OH is 1. The summed E-state index contributed by atoms with van der Waals surface area (Å²) in [4.78, 5) is 40.8. The molecule has 2 heterocycles. The lowest BCUT2D eigenvalue weighted by atomic mass is 10.0. The smallest absolute Gasteiger partial charge is 0.337 e. The number of nitrogens with one attached hydrogen (secondary N) is 1. The molecular formula is C24H25N3O5. The fraction of sp³-hybridized carbons (Fsp3) is 0.292. The molecule has 0 radical (unpaired) electrons. The number of hydrogen-bond acceptors (Lipinski definition) is 6. The summed E-state index contributed by atoms with van der Waals surface area (Å²) in [6.45, 7) is 1.49. The van der Waals surface area contributed by atoms with Crippen LogP contribution in [-0.2, 0) is 32.0 Å². The minimum absolute atomic E-state index is 0.0618. The zero-order chi connectivity index (χ0) is 22.8. The first kappa shape index (κ1) is 21.6. The minimum atomic E-state index is -0.602. The highest BCUT2D eigenvalue weighted by molar-refractivity contribution is 6.09. The van der Waals surface area contributed by atoms with Crippen molar-refractivity contribution in [2.75, 3.05) is 37.0 Å². The number of hydrogen-bond donors (Lipinski definition) is 2. The average molecular weight is 435 g/mol. The molecule has 0 atom stereocenters. The number of β-amino-alcohol motifs (C(OH)–C–C–N with tert-alkyl or cyclic N) is 1. The fourth-order valence-corrected chi connectivity index (χ4v) is 4.23. The van der Waals surface area contributed by atoms with Crippen molar-refractivity contribution in [3.63, 3.8) is 0 Å². The number of benzene rings is 2. The van der Waals surface area contributed by atoms with Gasteiger partial charge in [0.25, 0.3) is 5.91 Å². The van der Waals surface area contributed by atoms with E-state index in [0.29, 0.717) is 5.69 Å². The van der Waals surface area contributed by atoms with Crippen molar-refractivity contribution in [3.05, 3.63) is 64.9 Å². The monoisotopic (exact) mass is 435 g/mol. The van der Waals surface area contributed by atoms with Gasteiger partial charge in [-0.1, -0.05) is 24.3 Å². The Labute approximate surface area is 186 Å². The number of nitrogens with zero attached hydrogens (tertiary/aromatic N) is 2. The van der Waals surface area contributed by atoms with Crippen LogP contribution in [0.5, 0.6) is 0 Å². The van der Waals surface area contributed by atoms with E-state index in [1.54, 1.807) is 4.90 Å². The third-order valence-electron chi connectivity index (χ3n) is 5.76. The molecule has 4 rings (SSSR count). The average Bonchev–Trinajstić information content (AvgIpc) is 2.99. The van der Waals surface area contributed by atoms with Gasteiger partial charge in [0.2, 0.25) is 5.91 Å². The van der Waals surface area contributed by atoms with Crippen molar-refractivity contribution < 1.29 is 24.2 Å². The SMILES string of the molecule is COC(=O)C1=C(Nc2ccc3c(c2)N(C(C)=O)c2ccccc2CC3)C(=O)N(CCO)C1. The molecule has 2 aliphatic heterocycles. The highest BCUT2D eigenvalue weighted by Crippen LogP contribution is 2.38. The van der Waals surface area contributed by atoms with Crippen LogP contribution in [0.2, 0.25) is 0 Å². The lowest BCUT2D eigenvalue weighted by Crippen LogP contribution is -2.31. The Hall–Kier alpha value is -3.65. The van der Waals surface area contributed by atoms with Crippen LogP contribution >= 0.6 is 0 Å². The Kier molecular flexibility index (Phi) is 5.96. The third kappa shape index (κ3) is 3.85. The van der Waals surface area contributed by atoms with Crippen LogP contribution in [0.1, 0.15) is 18.1 Å². The number of fused-ring (bicyclic) bond motifs is 2. The predicted octanol–water partition coefficient (Wildman–Crippen LogP) is 2.14. The first-order valence-corrected chi connectivity index (χ1v) is 10.4. The highest BCUT2D eigenvalue weighted by atomic mass is 16.5. The largest absolute Gasteiger partial charge is 0.466 e. The van der Waals surface area contributed by atoms with Crippen LogP contribution in [0.3, 0.4) is 0 Å². The van der Waals surface area contributed by atoms with Gasteiger partial charge in [0.15, 0.2) is 0 Å². The standard InChI is InChI=1S/C24H25N3O5/c1-15(29)27-20-6-4-3-5-16(20)7-8-17-9-10-18(13-21(17)27)25-22-19(24(31)32-2)14-26(11-12-28)23(22)30/h3-6,9-10,13,25,28H,7-8,11-12,14H2,1-2H3. The summed E-state index contributed by atoms with van der Waals surface area (Å²) >= 11 is 0. The molecule has 0 spiro atoms. The van der Waals surface area contributed by atoms with E-state index in [4.69, 9.17) is 4.74 Å². The van der Waals surface area contributed by atoms with Crippen LogP contribution in [0.25, 0.3) is 0 Å². The van der Waals surface area contributed by atoms with E-state index in [0.717, 1.165) is 35.3 Å². The minimum Gasteiger partial charge on any atom is -0.466 e. The summed E-state index contributed by atoms with van der Waals surface area (Å²) in [5, 5.41) is 12.3. The number of amides is 2. The summed E-state index contributed by atoms with van der Waals surface area (Å²) in [5.41, 5.74) is 4.59. The number of carbonyl (C=O) groups is 3. The van der Waals surface area contributed by atoms with E-state index in [1.807, 2.05) is 42.5 Å². The van der Waals surface area contributed by atoms with Crippen LogP contribution < -0.4 is 10.2 Å². The summed E-state index contributed by atoms with van der Waals surface area (Å²) in [6.07, 6.45) is 1.59. The molecule has 0 aliphatic carbocycles. The van der Waals surface area contributed by atoms with Crippen LogP contribution in [-0.4, -0.2) is 54.6 Å². The van der Waals surface area contributed by atoms with Gasteiger partial charge in [0.05, 0.1) is 37.2 Å². The van der Waals surface area contributed by atoms with Gasteiger partial charge in [0, 0.05) is 19.2 Å². The molecule has 166 valence electrons. The Morgan fingerprint density at radius 2 is 1.81 bits per heavy atom. The first-order valence-electron chi connectivity index (χ1n) is 10.4. The Bertz CT molecular complexity index is 1120. The number of aryl methyl sites for hydroxylation is 2. The number of rotatable bonds is 5. The Balaban J connectivity index is 1.74. The molecule has 2 amide bonds. The van der Waals surface area contributed by atoms with Gasteiger partial charge in [-0.3, -0.25) is 14.5 Å². The summed E-state index contributed by atoms with van der Waals surface area (Å²) in [6, 6.07) is 13.4. The van der Waals surface area contributed by atoms with Crippen molar-refractivity contribution in [2.24, 2.45) is 0 Å². The molecule has 0 aromatic heterocycles. The second-order valence-electron chi connectivity index (χ2n) is 7.75. The van der Waals surface area contributed by atoms with E-state index in [-0.39, 0.29) is 42.8 Å². The van der Waals surface area contributed by atoms with Gasteiger partial charge in [-0.25, -0.2) is 4.79 Å². The molecule has 8 heteroatoms. The van der Waals surface area contributed by atoms with Gasteiger partial charge < -0.3 is 20.1 Å². The van der Waals surface area contributed by atoms with Gasteiger partial charge in [-0.15, -0.1) is 0 Å². The summed E-state index contributed by atoms with van der Waals surface area (Å²) in [7, 11) is 1.26. The quantitative estimate of drug-likeness (QED) is 0.699. The molecule has 2 N–H and O–H groups in total. The molecule has 8 nitrogen and oxygen atoms in total. The van der Waals surface area contributed by atoms with E-state index in [9.17, 15) is 19.5 Å². The summed E-state index contributed by atoms with van der Waals surface area (Å²) in [5.74, 6) is -1.10. The number of ether oxygens (including phenoxy) is 1. The van der Waals surface area contributed by atoms with Gasteiger partial charge in [-0.2, -0.15) is 0 Å². The van der Waals surface area contributed by atoms with E-state index in [1.165, 1.54) is 18.9 Å². The molecule has 0 fully saturated rings. The van der Waals surface area contributed by atoms with E-state index < -0.39 is 5.97 Å². The molecule has 0 saturated heterocycles. The van der Waals surface area contributed by atoms with Crippen molar-refractivity contribution in [2.45, 2.75) is 19.8 Å². The van der Waals surface area contributed by atoms with Gasteiger partial charge >= 0.3 is 5.97 Å². The summed E-state index contributed by atoms with van der Waals surface area (Å²) < 4.78 is 4.84. The zero-order valence-electron chi connectivity index (χ0n) is 18.1. The maximum atomic E-state index is 12.8. The number of methoxy groups -OCH3 is 1. The lowest BCUT2D eigenvalue weighted by molar-refractivity contribution is -0.136. The molecule has 0 saturated carbocycles. The maximum Gasteiger partial charge on any atom is 0.337 e. The van der Waals surface area contributed by atoms with Gasteiger partial charge in [0.1, 0.15) is 5.70 Å². The van der Waals surface area contributed by atoms with Crippen molar-refractivity contribution in [1.82, 2.24) is 4.90 Å².